The topological polar surface area (TPSA) is 35.5 Å². The second kappa shape index (κ2) is 5.89. The van der Waals surface area contributed by atoms with Crippen LogP contribution in [0.25, 0.3) is 0 Å². The van der Waals surface area contributed by atoms with Gasteiger partial charge in [0.1, 0.15) is 6.29 Å². The molecule has 0 unspecified atom stereocenters. The van der Waals surface area contributed by atoms with Crippen LogP contribution in [0.1, 0.15) is 19.3 Å². The van der Waals surface area contributed by atoms with Gasteiger partial charge in [0, 0.05) is 13.0 Å². The van der Waals surface area contributed by atoms with Crippen LogP contribution in [0.15, 0.2) is 12.7 Å². The molecular formula is C10H16O3. The average molecular weight is 184 g/mol. The van der Waals surface area contributed by atoms with Crippen molar-refractivity contribution in [2.45, 2.75) is 31.5 Å². The predicted octanol–water partition coefficient (Wildman–Crippen LogP) is 1.33. The van der Waals surface area contributed by atoms with E-state index in [1.807, 2.05) is 0 Å². The van der Waals surface area contributed by atoms with Crippen molar-refractivity contribution in [1.82, 2.24) is 0 Å². The lowest BCUT2D eigenvalue weighted by Gasteiger charge is -2.30. The van der Waals surface area contributed by atoms with Crippen LogP contribution >= 0.6 is 0 Å². The predicted molar refractivity (Wildman–Crippen MR) is 49.6 cm³/mol. The van der Waals surface area contributed by atoms with E-state index in [2.05, 4.69) is 6.58 Å². The van der Waals surface area contributed by atoms with Gasteiger partial charge < -0.3 is 14.3 Å². The summed E-state index contributed by atoms with van der Waals surface area (Å²) in [6.45, 7) is 4.85. The van der Waals surface area contributed by atoms with Crippen LogP contribution in [-0.4, -0.2) is 31.7 Å². The molecule has 0 N–H and O–H groups in total. The lowest BCUT2D eigenvalue weighted by molar-refractivity contribution is -0.123. The smallest absolute Gasteiger partial charge is 0.122 e. The fourth-order valence-electron chi connectivity index (χ4n) is 1.51. The molecule has 0 aliphatic carbocycles. The van der Waals surface area contributed by atoms with Gasteiger partial charge in [-0.15, -0.1) is 6.58 Å². The summed E-state index contributed by atoms with van der Waals surface area (Å²) in [6, 6.07) is 0. The Morgan fingerprint density at radius 3 is 3.15 bits per heavy atom. The number of rotatable bonds is 5. The normalized spacial score (nSPS) is 28.3. The van der Waals surface area contributed by atoms with Gasteiger partial charge in [0.05, 0.1) is 18.8 Å². The van der Waals surface area contributed by atoms with Gasteiger partial charge in [0.25, 0.3) is 0 Å². The zero-order chi connectivity index (χ0) is 9.52. The van der Waals surface area contributed by atoms with Crippen molar-refractivity contribution in [2.75, 3.05) is 13.2 Å². The van der Waals surface area contributed by atoms with Crippen LogP contribution < -0.4 is 0 Å². The summed E-state index contributed by atoms with van der Waals surface area (Å²) in [6.07, 6.45) is 5.04. The first kappa shape index (κ1) is 10.4. The van der Waals surface area contributed by atoms with Crippen LogP contribution in [0.5, 0.6) is 0 Å². The molecule has 0 aromatic carbocycles. The maximum atomic E-state index is 10.3. The zero-order valence-electron chi connectivity index (χ0n) is 7.78. The highest BCUT2D eigenvalue weighted by molar-refractivity contribution is 5.50. The van der Waals surface area contributed by atoms with E-state index in [0.29, 0.717) is 13.0 Å². The zero-order valence-corrected chi connectivity index (χ0v) is 7.78. The molecule has 3 nitrogen and oxygen atoms in total. The van der Waals surface area contributed by atoms with Crippen LogP contribution in [0.3, 0.4) is 0 Å². The number of hydrogen-bond acceptors (Lipinski definition) is 3. The van der Waals surface area contributed by atoms with E-state index < -0.39 is 0 Å². The van der Waals surface area contributed by atoms with Crippen molar-refractivity contribution in [3.8, 4) is 0 Å². The fourth-order valence-corrected chi connectivity index (χ4v) is 1.51. The standard InChI is InChI=1S/C10H16O3/c1-2-7-12-9-4-3-8-13-10(9)5-6-11/h2,6,9-10H,1,3-5,7-8H2/t9-,10-/m0/s1. The Labute approximate surface area is 78.7 Å². The SMILES string of the molecule is C=CCO[C@H]1CCCO[C@H]1CC=O. The summed E-state index contributed by atoms with van der Waals surface area (Å²) in [5.41, 5.74) is 0. The molecule has 0 spiro atoms. The third-order valence-corrected chi connectivity index (χ3v) is 2.14. The highest BCUT2D eigenvalue weighted by atomic mass is 16.5. The molecule has 0 aromatic rings. The Hall–Kier alpha value is -0.670. The molecule has 1 aliphatic heterocycles. The second-order valence-electron chi connectivity index (χ2n) is 3.11. The molecule has 1 saturated heterocycles. The fraction of sp³-hybridized carbons (Fsp3) is 0.700. The van der Waals surface area contributed by atoms with Gasteiger partial charge in [0.15, 0.2) is 0 Å². The number of hydrogen-bond donors (Lipinski definition) is 0. The summed E-state index contributed by atoms with van der Waals surface area (Å²) in [5.74, 6) is 0. The van der Waals surface area contributed by atoms with E-state index >= 15 is 0 Å². The minimum Gasteiger partial charge on any atom is -0.375 e. The quantitative estimate of drug-likeness (QED) is 0.477. The number of carbonyl (C=O) groups excluding carboxylic acids is 1. The molecule has 1 fully saturated rings. The minimum atomic E-state index is -0.0498. The van der Waals surface area contributed by atoms with Gasteiger partial charge in [-0.05, 0) is 12.8 Å². The molecule has 13 heavy (non-hydrogen) atoms. The monoisotopic (exact) mass is 184 g/mol. The molecule has 1 heterocycles. The molecule has 0 aromatic heterocycles. The van der Waals surface area contributed by atoms with Crippen molar-refractivity contribution in [2.24, 2.45) is 0 Å². The summed E-state index contributed by atoms with van der Waals surface area (Å²) in [7, 11) is 0. The molecule has 74 valence electrons. The third kappa shape index (κ3) is 3.28. The van der Waals surface area contributed by atoms with Gasteiger partial charge in [-0.3, -0.25) is 0 Å². The number of carbonyl (C=O) groups is 1. The molecule has 1 rings (SSSR count). The Morgan fingerprint density at radius 2 is 2.46 bits per heavy atom. The molecule has 0 amide bonds. The Morgan fingerprint density at radius 1 is 1.62 bits per heavy atom. The summed E-state index contributed by atoms with van der Waals surface area (Å²) in [4.78, 5) is 10.3. The summed E-state index contributed by atoms with van der Waals surface area (Å²) < 4.78 is 10.9. The van der Waals surface area contributed by atoms with Gasteiger partial charge in [-0.2, -0.15) is 0 Å². The average Bonchev–Trinajstić information content (AvgIpc) is 2.17. The van der Waals surface area contributed by atoms with Crippen LogP contribution in [0.2, 0.25) is 0 Å². The molecular weight excluding hydrogens is 168 g/mol. The lowest BCUT2D eigenvalue weighted by Crippen LogP contribution is -2.36. The van der Waals surface area contributed by atoms with Crippen LogP contribution in [-0.2, 0) is 14.3 Å². The molecule has 0 radical (unpaired) electrons. The largest absolute Gasteiger partial charge is 0.375 e. The molecule has 3 heteroatoms. The van der Waals surface area contributed by atoms with Crippen molar-refractivity contribution >= 4 is 6.29 Å². The van der Waals surface area contributed by atoms with Gasteiger partial charge in [-0.1, -0.05) is 6.08 Å². The van der Waals surface area contributed by atoms with Gasteiger partial charge in [0.2, 0.25) is 0 Å². The summed E-state index contributed by atoms with van der Waals surface area (Å²) in [5, 5.41) is 0. The molecule has 0 bridgehead atoms. The van der Waals surface area contributed by atoms with E-state index in [-0.39, 0.29) is 12.2 Å². The van der Waals surface area contributed by atoms with E-state index in [1.165, 1.54) is 0 Å². The maximum Gasteiger partial charge on any atom is 0.122 e. The minimum absolute atomic E-state index is 0.0498. The first-order valence-corrected chi connectivity index (χ1v) is 4.66. The van der Waals surface area contributed by atoms with Crippen molar-refractivity contribution < 1.29 is 14.3 Å². The molecule has 2 atom stereocenters. The lowest BCUT2D eigenvalue weighted by atomic mass is 10.0. The molecule has 1 aliphatic rings. The number of aldehydes is 1. The van der Waals surface area contributed by atoms with Crippen LogP contribution in [0, 0.1) is 0 Å². The van der Waals surface area contributed by atoms with E-state index in [0.717, 1.165) is 25.7 Å². The third-order valence-electron chi connectivity index (χ3n) is 2.14. The second-order valence-corrected chi connectivity index (χ2v) is 3.11. The van der Waals surface area contributed by atoms with Gasteiger partial charge in [-0.25, -0.2) is 0 Å². The van der Waals surface area contributed by atoms with E-state index in [1.54, 1.807) is 6.08 Å². The Balaban J connectivity index is 2.36. The van der Waals surface area contributed by atoms with Crippen LogP contribution in [0.4, 0.5) is 0 Å². The Bertz CT molecular complexity index is 168. The van der Waals surface area contributed by atoms with Crippen molar-refractivity contribution in [3.05, 3.63) is 12.7 Å². The molecule has 0 saturated carbocycles. The first-order valence-electron chi connectivity index (χ1n) is 4.66. The van der Waals surface area contributed by atoms with Gasteiger partial charge >= 0.3 is 0 Å². The Kier molecular flexibility index (Phi) is 4.72. The van der Waals surface area contributed by atoms with E-state index in [4.69, 9.17) is 9.47 Å². The summed E-state index contributed by atoms with van der Waals surface area (Å²) >= 11 is 0. The first-order chi connectivity index (χ1) is 6.38. The van der Waals surface area contributed by atoms with Crippen molar-refractivity contribution in [3.63, 3.8) is 0 Å². The number of ether oxygens (including phenoxy) is 2. The highest BCUT2D eigenvalue weighted by Gasteiger charge is 2.25. The van der Waals surface area contributed by atoms with E-state index in [9.17, 15) is 4.79 Å². The van der Waals surface area contributed by atoms with Crippen molar-refractivity contribution in [1.29, 1.82) is 0 Å². The highest BCUT2D eigenvalue weighted by Crippen LogP contribution is 2.18. The maximum absolute atomic E-state index is 10.3.